The minimum Gasteiger partial charge on any atom is -0.455 e. The first-order valence-corrected chi connectivity index (χ1v) is 11.4. The lowest BCUT2D eigenvalue weighted by Gasteiger charge is -2.20. The lowest BCUT2D eigenvalue weighted by atomic mass is 9.90. The Bertz CT molecular complexity index is 1760. The van der Waals surface area contributed by atoms with Gasteiger partial charge in [-0.2, -0.15) is 0 Å². The second kappa shape index (κ2) is 6.94. The highest BCUT2D eigenvalue weighted by Gasteiger charge is 2.23. The van der Waals surface area contributed by atoms with Gasteiger partial charge in [-0.1, -0.05) is 73.7 Å². The molecule has 1 aliphatic rings. The maximum Gasteiger partial charge on any atom is 0.144 e. The van der Waals surface area contributed by atoms with Crippen LogP contribution >= 0.6 is 0 Å². The summed E-state index contributed by atoms with van der Waals surface area (Å²) in [4.78, 5) is 5.20. The van der Waals surface area contributed by atoms with Gasteiger partial charge in [0.2, 0.25) is 0 Å². The molecule has 0 saturated heterocycles. The average molecular weight is 428 g/mol. The summed E-state index contributed by atoms with van der Waals surface area (Å²) in [6.07, 6.45) is 3.15. The summed E-state index contributed by atoms with van der Waals surface area (Å²) in [5.41, 5.74) is 7.74. The van der Waals surface area contributed by atoms with Crippen molar-refractivity contribution in [3.8, 4) is 0 Å². The minimum absolute atomic E-state index is 0.294. The number of allylic oxidation sites excluding steroid dienone is 1. The van der Waals surface area contributed by atoms with Gasteiger partial charge >= 0.3 is 0 Å². The summed E-state index contributed by atoms with van der Waals surface area (Å²) in [5, 5.41) is 4.53. The van der Waals surface area contributed by atoms with Crippen molar-refractivity contribution in [2.75, 3.05) is 0 Å². The van der Waals surface area contributed by atoms with Crippen molar-refractivity contribution < 1.29 is 8.83 Å². The van der Waals surface area contributed by atoms with Crippen molar-refractivity contribution in [2.24, 2.45) is 10.9 Å². The molecular formula is C30H21NO2. The SMILES string of the molecule is CC1CC=C(c2cccc3c2oc2ccccc23)N=C1c1cccc2c1oc1ccccc12. The predicted molar refractivity (Wildman–Crippen MR) is 136 cm³/mol. The first-order valence-electron chi connectivity index (χ1n) is 11.4. The molecule has 2 aromatic heterocycles. The molecule has 1 aliphatic heterocycles. The number of hydrogen-bond donors (Lipinski definition) is 0. The molecule has 0 bridgehead atoms. The van der Waals surface area contributed by atoms with Gasteiger partial charge in [0.15, 0.2) is 0 Å². The summed E-state index contributed by atoms with van der Waals surface area (Å²) in [6, 6.07) is 29.1. The Balaban J connectivity index is 1.43. The lowest BCUT2D eigenvalue weighted by Crippen LogP contribution is -2.16. The van der Waals surface area contributed by atoms with Gasteiger partial charge in [-0.25, -0.2) is 0 Å². The summed E-state index contributed by atoms with van der Waals surface area (Å²) in [5.74, 6) is 0.294. The van der Waals surface area contributed by atoms with Crippen molar-refractivity contribution in [1.82, 2.24) is 0 Å². The van der Waals surface area contributed by atoms with Gasteiger partial charge < -0.3 is 8.83 Å². The third-order valence-electron chi connectivity index (χ3n) is 6.73. The fourth-order valence-electron chi connectivity index (χ4n) is 5.08. The Labute approximate surface area is 190 Å². The van der Waals surface area contributed by atoms with Gasteiger partial charge in [0.25, 0.3) is 0 Å². The van der Waals surface area contributed by atoms with Crippen LogP contribution in [-0.4, -0.2) is 5.71 Å². The van der Waals surface area contributed by atoms with E-state index in [-0.39, 0.29) is 0 Å². The Morgan fingerprint density at radius 1 is 0.636 bits per heavy atom. The fraction of sp³-hybridized carbons (Fsp3) is 0.100. The van der Waals surface area contributed by atoms with E-state index in [2.05, 4.69) is 73.7 Å². The molecule has 4 aromatic carbocycles. The zero-order valence-electron chi connectivity index (χ0n) is 18.2. The maximum atomic E-state index is 6.32. The molecule has 3 heteroatoms. The van der Waals surface area contributed by atoms with Crippen LogP contribution in [0.2, 0.25) is 0 Å². The fourth-order valence-corrected chi connectivity index (χ4v) is 5.08. The van der Waals surface area contributed by atoms with E-state index in [1.165, 1.54) is 0 Å². The van der Waals surface area contributed by atoms with E-state index in [9.17, 15) is 0 Å². The highest BCUT2D eigenvalue weighted by molar-refractivity contribution is 6.18. The average Bonchev–Trinajstić information content (AvgIpc) is 3.43. The van der Waals surface area contributed by atoms with Crippen LogP contribution in [0, 0.1) is 5.92 Å². The van der Waals surface area contributed by atoms with Crippen molar-refractivity contribution in [1.29, 1.82) is 0 Å². The van der Waals surface area contributed by atoms with Crippen LogP contribution in [0.4, 0.5) is 0 Å². The zero-order chi connectivity index (χ0) is 21.9. The summed E-state index contributed by atoms with van der Waals surface area (Å²) in [7, 11) is 0. The standard InChI is InChI=1S/C30H21NO2/c1-18-16-17-25(23-12-6-10-21-19-8-2-4-14-26(19)32-29(21)23)31-28(18)24-13-7-11-22-20-9-3-5-15-27(20)33-30(22)24/h2-15,17-18H,16H2,1H3. The van der Waals surface area contributed by atoms with Crippen LogP contribution in [-0.2, 0) is 0 Å². The number of nitrogens with zero attached hydrogens (tertiary/aromatic N) is 1. The molecule has 0 aliphatic carbocycles. The number of para-hydroxylation sites is 4. The minimum atomic E-state index is 0.294. The van der Waals surface area contributed by atoms with Gasteiger partial charge in [0, 0.05) is 38.6 Å². The number of aliphatic imine (C=N–C) groups is 1. The Morgan fingerprint density at radius 2 is 1.18 bits per heavy atom. The van der Waals surface area contributed by atoms with Gasteiger partial charge in [0.05, 0.1) is 11.4 Å². The number of hydrogen-bond acceptors (Lipinski definition) is 3. The van der Waals surface area contributed by atoms with Crippen molar-refractivity contribution >= 4 is 55.3 Å². The van der Waals surface area contributed by atoms with E-state index in [1.807, 2.05) is 24.3 Å². The van der Waals surface area contributed by atoms with E-state index >= 15 is 0 Å². The number of rotatable bonds is 2. The smallest absolute Gasteiger partial charge is 0.144 e. The Hall–Kier alpha value is -4.11. The van der Waals surface area contributed by atoms with Crippen LogP contribution in [0.3, 0.4) is 0 Å². The maximum absolute atomic E-state index is 6.32. The molecule has 0 spiro atoms. The third kappa shape index (κ3) is 2.72. The lowest BCUT2D eigenvalue weighted by molar-refractivity contribution is 0.666. The van der Waals surface area contributed by atoms with E-state index in [1.54, 1.807) is 0 Å². The highest BCUT2D eigenvalue weighted by atomic mass is 16.3. The topological polar surface area (TPSA) is 38.6 Å². The van der Waals surface area contributed by atoms with Crippen LogP contribution in [0.5, 0.6) is 0 Å². The Morgan fingerprint density at radius 3 is 1.85 bits per heavy atom. The molecule has 158 valence electrons. The van der Waals surface area contributed by atoms with Crippen molar-refractivity contribution in [3.05, 3.63) is 102 Å². The molecule has 3 nitrogen and oxygen atoms in total. The van der Waals surface area contributed by atoms with Crippen LogP contribution in [0.15, 0.2) is 105 Å². The third-order valence-corrected chi connectivity index (χ3v) is 6.73. The number of benzene rings is 4. The predicted octanol–water partition coefficient (Wildman–Crippen LogP) is 8.36. The zero-order valence-corrected chi connectivity index (χ0v) is 18.2. The van der Waals surface area contributed by atoms with Gasteiger partial charge in [-0.05, 0) is 30.7 Å². The van der Waals surface area contributed by atoms with Crippen molar-refractivity contribution in [2.45, 2.75) is 13.3 Å². The van der Waals surface area contributed by atoms with Gasteiger partial charge in [0.1, 0.15) is 22.3 Å². The second-order valence-electron chi connectivity index (χ2n) is 8.78. The number of furan rings is 2. The molecule has 0 N–H and O–H groups in total. The largest absolute Gasteiger partial charge is 0.455 e. The van der Waals surface area contributed by atoms with E-state index in [0.29, 0.717) is 5.92 Å². The molecule has 7 rings (SSSR count). The van der Waals surface area contributed by atoms with Crippen molar-refractivity contribution in [3.63, 3.8) is 0 Å². The monoisotopic (exact) mass is 427 g/mol. The molecule has 0 fully saturated rings. The van der Waals surface area contributed by atoms with Crippen LogP contribution < -0.4 is 0 Å². The van der Waals surface area contributed by atoms with E-state index in [4.69, 9.17) is 13.8 Å². The molecule has 3 heterocycles. The Kier molecular flexibility index (Phi) is 3.88. The second-order valence-corrected chi connectivity index (χ2v) is 8.78. The van der Waals surface area contributed by atoms with Gasteiger partial charge in [-0.3, -0.25) is 4.99 Å². The van der Waals surface area contributed by atoms with E-state index in [0.717, 1.165) is 72.8 Å². The first kappa shape index (κ1) is 18.5. The molecule has 0 saturated carbocycles. The molecule has 0 amide bonds. The van der Waals surface area contributed by atoms with Crippen LogP contribution in [0.25, 0.3) is 49.6 Å². The molecule has 1 atom stereocenters. The van der Waals surface area contributed by atoms with Gasteiger partial charge in [-0.15, -0.1) is 0 Å². The first-order chi connectivity index (χ1) is 16.3. The van der Waals surface area contributed by atoms with Crippen LogP contribution in [0.1, 0.15) is 24.5 Å². The number of fused-ring (bicyclic) bond motifs is 6. The quantitative estimate of drug-likeness (QED) is 0.278. The molecular weight excluding hydrogens is 406 g/mol. The summed E-state index contributed by atoms with van der Waals surface area (Å²) >= 11 is 0. The highest BCUT2D eigenvalue weighted by Crippen LogP contribution is 2.38. The molecule has 33 heavy (non-hydrogen) atoms. The summed E-state index contributed by atoms with van der Waals surface area (Å²) in [6.45, 7) is 2.23. The van der Waals surface area contributed by atoms with E-state index < -0.39 is 0 Å². The normalized spacial score (nSPS) is 16.6. The molecule has 1 unspecified atom stereocenters. The molecule has 0 radical (unpaired) electrons. The molecule has 6 aromatic rings. The summed E-state index contributed by atoms with van der Waals surface area (Å²) < 4.78 is 12.6.